The fourth-order valence-corrected chi connectivity index (χ4v) is 1.95. The van der Waals surface area contributed by atoms with Crippen LogP contribution in [0.25, 0.3) is 0 Å². The van der Waals surface area contributed by atoms with Crippen LogP contribution >= 0.6 is 0 Å². The lowest BCUT2D eigenvalue weighted by atomic mass is 10.4. The standard InChI is InChI=1S/C18H24O12/c19-13-10-15(21)27-6-2-8-29-17(23)12-18(24)30-9-3-7-28-16(22)11-14(20)26-5-1-4-25-13/h1-12H2. The molecular formula is C18H24O12. The Morgan fingerprint density at radius 1 is 0.333 bits per heavy atom. The summed E-state index contributed by atoms with van der Waals surface area (Å²) in [5.74, 6) is -4.86. The van der Waals surface area contributed by atoms with Crippen molar-refractivity contribution < 1.29 is 57.2 Å². The van der Waals surface area contributed by atoms with Gasteiger partial charge in [0.1, 0.15) is 19.3 Å². The Morgan fingerprint density at radius 3 is 0.667 bits per heavy atom. The Kier molecular flexibility index (Phi) is 12.2. The van der Waals surface area contributed by atoms with Crippen molar-refractivity contribution in [1.82, 2.24) is 0 Å². The smallest absolute Gasteiger partial charge is 0.317 e. The van der Waals surface area contributed by atoms with Crippen LogP contribution in [0.2, 0.25) is 0 Å². The molecule has 1 aliphatic rings. The lowest BCUT2D eigenvalue weighted by Crippen LogP contribution is -2.19. The summed E-state index contributed by atoms with van der Waals surface area (Å²) in [4.78, 5) is 68.9. The second-order valence-corrected chi connectivity index (χ2v) is 5.91. The molecule has 0 N–H and O–H groups in total. The van der Waals surface area contributed by atoms with Gasteiger partial charge in [-0.3, -0.25) is 28.8 Å². The van der Waals surface area contributed by atoms with Crippen LogP contribution in [-0.2, 0) is 57.2 Å². The van der Waals surface area contributed by atoms with E-state index in [0.29, 0.717) is 0 Å². The Hall–Kier alpha value is -3.18. The molecule has 0 unspecified atom stereocenters. The van der Waals surface area contributed by atoms with Crippen LogP contribution in [0, 0.1) is 0 Å². The summed E-state index contributed by atoms with van der Waals surface area (Å²) in [6, 6.07) is 0. The predicted octanol–water partition coefficient (Wildman–Crippen LogP) is -0.400. The highest BCUT2D eigenvalue weighted by molar-refractivity contribution is 5.92. The molecule has 0 aliphatic carbocycles. The first-order valence-corrected chi connectivity index (χ1v) is 9.30. The van der Waals surface area contributed by atoms with Gasteiger partial charge in [-0.1, -0.05) is 0 Å². The molecule has 0 aromatic heterocycles. The number of ether oxygens (including phenoxy) is 6. The summed E-state index contributed by atoms with van der Waals surface area (Å²) >= 11 is 0. The first-order chi connectivity index (χ1) is 14.4. The van der Waals surface area contributed by atoms with Gasteiger partial charge < -0.3 is 28.4 Å². The van der Waals surface area contributed by atoms with Crippen LogP contribution in [0.3, 0.4) is 0 Å². The molecule has 1 rings (SSSR count). The van der Waals surface area contributed by atoms with Crippen molar-refractivity contribution >= 4 is 35.8 Å². The van der Waals surface area contributed by atoms with Crippen LogP contribution in [-0.4, -0.2) is 75.5 Å². The third-order valence-corrected chi connectivity index (χ3v) is 3.31. The van der Waals surface area contributed by atoms with Gasteiger partial charge in [0, 0.05) is 19.3 Å². The molecule has 1 fully saturated rings. The summed E-state index contributed by atoms with van der Waals surface area (Å²) in [5, 5.41) is 0. The van der Waals surface area contributed by atoms with Gasteiger partial charge in [-0.2, -0.15) is 0 Å². The van der Waals surface area contributed by atoms with Crippen molar-refractivity contribution in [1.29, 1.82) is 0 Å². The molecule has 0 amide bonds. The van der Waals surface area contributed by atoms with Gasteiger partial charge >= 0.3 is 35.8 Å². The van der Waals surface area contributed by atoms with Crippen LogP contribution < -0.4 is 0 Å². The molecule has 1 saturated heterocycles. The van der Waals surface area contributed by atoms with E-state index in [0.717, 1.165) is 0 Å². The molecule has 0 saturated carbocycles. The van der Waals surface area contributed by atoms with E-state index in [9.17, 15) is 28.8 Å². The molecule has 0 bridgehead atoms. The zero-order chi connectivity index (χ0) is 22.2. The first-order valence-electron chi connectivity index (χ1n) is 9.30. The molecule has 12 heteroatoms. The van der Waals surface area contributed by atoms with Crippen LogP contribution in [0.4, 0.5) is 0 Å². The Morgan fingerprint density at radius 2 is 0.500 bits per heavy atom. The van der Waals surface area contributed by atoms with Gasteiger partial charge in [0.2, 0.25) is 0 Å². The van der Waals surface area contributed by atoms with Crippen molar-refractivity contribution in [2.45, 2.75) is 38.5 Å². The van der Waals surface area contributed by atoms with E-state index in [1.807, 2.05) is 0 Å². The zero-order valence-corrected chi connectivity index (χ0v) is 16.4. The molecule has 30 heavy (non-hydrogen) atoms. The van der Waals surface area contributed by atoms with Gasteiger partial charge in [0.15, 0.2) is 0 Å². The van der Waals surface area contributed by atoms with E-state index in [4.69, 9.17) is 28.4 Å². The SMILES string of the molecule is O=C1CC(=O)OCCCOC(=O)CC(=O)OCCCOC(=O)CC(=O)OCCCO1. The van der Waals surface area contributed by atoms with E-state index in [2.05, 4.69) is 0 Å². The summed E-state index contributed by atoms with van der Waals surface area (Å²) in [6.45, 7) is -0.509. The lowest BCUT2D eigenvalue weighted by molar-refractivity contribution is -0.155. The van der Waals surface area contributed by atoms with Gasteiger partial charge in [-0.15, -0.1) is 0 Å². The molecule has 168 valence electrons. The van der Waals surface area contributed by atoms with Crippen molar-refractivity contribution in [3.8, 4) is 0 Å². The lowest BCUT2D eigenvalue weighted by Gasteiger charge is -2.09. The maximum absolute atomic E-state index is 11.5. The number of rotatable bonds is 0. The third kappa shape index (κ3) is 13.1. The molecule has 1 aliphatic heterocycles. The normalized spacial score (nSPS) is 20.4. The van der Waals surface area contributed by atoms with Crippen molar-refractivity contribution in [2.75, 3.05) is 39.6 Å². The average molecular weight is 432 g/mol. The monoisotopic (exact) mass is 432 g/mol. The maximum Gasteiger partial charge on any atom is 0.317 e. The number of esters is 6. The van der Waals surface area contributed by atoms with E-state index in [1.54, 1.807) is 0 Å². The second kappa shape index (κ2) is 14.8. The molecular weight excluding hydrogens is 408 g/mol. The minimum absolute atomic E-state index is 0.0848. The minimum Gasteiger partial charge on any atom is -0.465 e. The summed E-state index contributed by atoms with van der Waals surface area (Å²) in [6.07, 6.45) is -1.26. The number of carbonyl (C=O) groups excluding carboxylic acids is 6. The Bertz CT molecular complexity index is 493. The van der Waals surface area contributed by atoms with E-state index in [-0.39, 0.29) is 58.9 Å². The van der Waals surface area contributed by atoms with Crippen molar-refractivity contribution in [3.05, 3.63) is 0 Å². The number of hydrogen-bond donors (Lipinski definition) is 0. The molecule has 0 radical (unpaired) electrons. The van der Waals surface area contributed by atoms with Gasteiger partial charge in [0.25, 0.3) is 0 Å². The highest BCUT2D eigenvalue weighted by Crippen LogP contribution is 1.99. The van der Waals surface area contributed by atoms with Crippen LogP contribution in [0.15, 0.2) is 0 Å². The molecule has 1 heterocycles. The Balaban J connectivity index is 2.45. The quantitative estimate of drug-likeness (QED) is 0.277. The zero-order valence-electron chi connectivity index (χ0n) is 16.4. The first kappa shape index (κ1) is 24.9. The topological polar surface area (TPSA) is 158 Å². The van der Waals surface area contributed by atoms with Crippen molar-refractivity contribution in [3.63, 3.8) is 0 Å². The third-order valence-electron chi connectivity index (χ3n) is 3.31. The van der Waals surface area contributed by atoms with E-state index < -0.39 is 55.1 Å². The summed E-state index contributed by atoms with van der Waals surface area (Å²) in [5.41, 5.74) is 0. The van der Waals surface area contributed by atoms with Gasteiger partial charge in [-0.25, -0.2) is 0 Å². The molecule has 0 atom stereocenters. The highest BCUT2D eigenvalue weighted by atomic mass is 16.6. The number of carbonyl (C=O) groups is 6. The average Bonchev–Trinajstić information content (AvgIpc) is 2.66. The molecule has 0 aromatic rings. The minimum atomic E-state index is -0.811. The number of cyclic esters (lactones) is 6. The fourth-order valence-electron chi connectivity index (χ4n) is 1.95. The van der Waals surface area contributed by atoms with E-state index >= 15 is 0 Å². The van der Waals surface area contributed by atoms with Gasteiger partial charge in [0.05, 0.1) is 39.6 Å². The number of hydrogen-bond acceptors (Lipinski definition) is 12. The van der Waals surface area contributed by atoms with Crippen LogP contribution in [0.1, 0.15) is 38.5 Å². The second-order valence-electron chi connectivity index (χ2n) is 5.91. The highest BCUT2D eigenvalue weighted by Gasteiger charge is 2.15. The maximum atomic E-state index is 11.5. The largest absolute Gasteiger partial charge is 0.465 e. The molecule has 0 aromatic carbocycles. The van der Waals surface area contributed by atoms with Crippen LogP contribution in [0.5, 0.6) is 0 Å². The predicted molar refractivity (Wildman–Crippen MR) is 93.5 cm³/mol. The van der Waals surface area contributed by atoms with Gasteiger partial charge in [-0.05, 0) is 0 Å². The molecule has 0 spiro atoms. The van der Waals surface area contributed by atoms with E-state index in [1.165, 1.54) is 0 Å². The van der Waals surface area contributed by atoms with Crippen molar-refractivity contribution in [2.24, 2.45) is 0 Å². The Labute approximate surface area is 172 Å². The summed E-state index contributed by atoms with van der Waals surface area (Å²) < 4.78 is 28.8. The summed E-state index contributed by atoms with van der Waals surface area (Å²) in [7, 11) is 0. The fraction of sp³-hybridized carbons (Fsp3) is 0.667. The molecule has 12 nitrogen and oxygen atoms in total.